The number of aldehydes is 1. The third-order valence-electron chi connectivity index (χ3n) is 4.02. The smallest absolute Gasteiger partial charge is 0.150 e. The summed E-state index contributed by atoms with van der Waals surface area (Å²) in [6.45, 7) is 0. The van der Waals surface area contributed by atoms with E-state index in [4.69, 9.17) is 0 Å². The maximum Gasteiger partial charge on any atom is 0.150 e. The second kappa shape index (κ2) is 5.39. The predicted molar refractivity (Wildman–Crippen MR) is 94.0 cm³/mol. The molecule has 0 atom stereocenters. The average Bonchev–Trinajstić information content (AvgIpc) is 2.98. The normalized spacial score (nSPS) is 11.1. The lowest BCUT2D eigenvalue weighted by Gasteiger charge is -2.01. The summed E-state index contributed by atoms with van der Waals surface area (Å²) in [5.74, 6) is 0. The highest BCUT2D eigenvalue weighted by Gasteiger charge is 2.08. The van der Waals surface area contributed by atoms with Gasteiger partial charge in [0.1, 0.15) is 6.29 Å². The van der Waals surface area contributed by atoms with Gasteiger partial charge >= 0.3 is 0 Å². The number of hydrogen-bond donors (Lipinski definition) is 0. The molecule has 0 fully saturated rings. The molecule has 0 radical (unpaired) electrons. The summed E-state index contributed by atoms with van der Waals surface area (Å²) in [5, 5.41) is 3.88. The van der Waals surface area contributed by atoms with Crippen LogP contribution in [0.5, 0.6) is 0 Å². The molecule has 4 aromatic rings. The molecular weight excluding hydrogens is 288 g/mol. The molecule has 4 rings (SSSR count). The first-order valence-corrected chi connectivity index (χ1v) is 8.10. The Morgan fingerprint density at radius 3 is 2.59 bits per heavy atom. The number of rotatable bonds is 3. The van der Waals surface area contributed by atoms with Crippen molar-refractivity contribution in [1.29, 1.82) is 0 Å². The molecule has 0 aliphatic carbocycles. The van der Waals surface area contributed by atoms with Crippen LogP contribution in [-0.2, 0) is 6.42 Å². The van der Waals surface area contributed by atoms with E-state index in [0.29, 0.717) is 0 Å². The summed E-state index contributed by atoms with van der Waals surface area (Å²) in [6, 6.07) is 22.9. The van der Waals surface area contributed by atoms with Gasteiger partial charge in [-0.1, -0.05) is 54.6 Å². The van der Waals surface area contributed by atoms with E-state index in [-0.39, 0.29) is 0 Å². The fourth-order valence-corrected chi connectivity index (χ4v) is 4.03. The molecule has 1 heterocycles. The SMILES string of the molecule is O=Cc1ccccc1Cc1cc2c(ccc3ccccc32)s1. The maximum atomic E-state index is 11.2. The van der Waals surface area contributed by atoms with Gasteiger partial charge in [-0.3, -0.25) is 4.79 Å². The first-order valence-electron chi connectivity index (χ1n) is 7.28. The summed E-state index contributed by atoms with van der Waals surface area (Å²) in [7, 11) is 0. The molecule has 1 nitrogen and oxygen atoms in total. The van der Waals surface area contributed by atoms with E-state index in [1.54, 1.807) is 0 Å². The second-order valence-corrected chi connectivity index (χ2v) is 6.57. The van der Waals surface area contributed by atoms with E-state index in [1.165, 1.54) is 25.7 Å². The van der Waals surface area contributed by atoms with Crippen molar-refractivity contribution in [2.24, 2.45) is 0 Å². The molecule has 1 aromatic heterocycles. The molecule has 2 heteroatoms. The predicted octanol–water partition coefficient (Wildman–Crippen LogP) is 5.46. The number of fused-ring (bicyclic) bond motifs is 3. The summed E-state index contributed by atoms with van der Waals surface area (Å²) in [4.78, 5) is 12.5. The van der Waals surface area contributed by atoms with Crippen molar-refractivity contribution in [1.82, 2.24) is 0 Å². The first kappa shape index (κ1) is 13.2. The van der Waals surface area contributed by atoms with Crippen molar-refractivity contribution in [3.8, 4) is 0 Å². The molecular formula is C20H14OS. The number of thiophene rings is 1. The van der Waals surface area contributed by atoms with E-state index in [1.807, 2.05) is 35.6 Å². The Kier molecular flexibility index (Phi) is 3.24. The second-order valence-electron chi connectivity index (χ2n) is 5.40. The average molecular weight is 302 g/mol. The van der Waals surface area contributed by atoms with Gasteiger partial charge in [-0.25, -0.2) is 0 Å². The highest BCUT2D eigenvalue weighted by atomic mass is 32.1. The molecule has 0 amide bonds. The van der Waals surface area contributed by atoms with Crippen molar-refractivity contribution in [2.75, 3.05) is 0 Å². The molecule has 22 heavy (non-hydrogen) atoms. The van der Waals surface area contributed by atoms with Crippen LogP contribution in [0.4, 0.5) is 0 Å². The fraction of sp³-hybridized carbons (Fsp3) is 0.0500. The lowest BCUT2D eigenvalue weighted by atomic mass is 10.0. The molecule has 0 aliphatic heterocycles. The van der Waals surface area contributed by atoms with E-state index < -0.39 is 0 Å². The Morgan fingerprint density at radius 2 is 1.68 bits per heavy atom. The zero-order chi connectivity index (χ0) is 14.9. The third kappa shape index (κ3) is 2.22. The molecule has 0 saturated carbocycles. The molecule has 0 spiro atoms. The third-order valence-corrected chi connectivity index (χ3v) is 5.12. The van der Waals surface area contributed by atoms with Crippen molar-refractivity contribution in [3.63, 3.8) is 0 Å². The van der Waals surface area contributed by atoms with Gasteiger partial charge in [0.15, 0.2) is 0 Å². The minimum Gasteiger partial charge on any atom is -0.298 e. The zero-order valence-electron chi connectivity index (χ0n) is 12.0. The molecule has 0 bridgehead atoms. The Hall–Kier alpha value is -2.45. The maximum absolute atomic E-state index is 11.2. The number of hydrogen-bond acceptors (Lipinski definition) is 2. The Bertz CT molecular complexity index is 981. The van der Waals surface area contributed by atoms with Crippen LogP contribution in [0.1, 0.15) is 20.8 Å². The van der Waals surface area contributed by atoms with E-state index in [9.17, 15) is 4.79 Å². The minimum atomic E-state index is 0.782. The van der Waals surface area contributed by atoms with Crippen LogP contribution in [0, 0.1) is 0 Å². The monoisotopic (exact) mass is 302 g/mol. The van der Waals surface area contributed by atoms with Crippen molar-refractivity contribution in [3.05, 3.63) is 82.7 Å². The van der Waals surface area contributed by atoms with Crippen molar-refractivity contribution >= 4 is 38.5 Å². The van der Waals surface area contributed by atoms with Gasteiger partial charge in [0, 0.05) is 26.9 Å². The van der Waals surface area contributed by atoms with Gasteiger partial charge in [-0.2, -0.15) is 0 Å². The highest BCUT2D eigenvalue weighted by Crippen LogP contribution is 2.33. The first-order chi connectivity index (χ1) is 10.8. The van der Waals surface area contributed by atoms with Gasteiger partial charge in [0.05, 0.1) is 0 Å². The highest BCUT2D eigenvalue weighted by molar-refractivity contribution is 7.19. The summed E-state index contributed by atoms with van der Waals surface area (Å²) < 4.78 is 1.30. The standard InChI is InChI=1S/C20H14OS/c21-13-16-7-2-1-6-15(16)11-17-12-19-18-8-4-3-5-14(18)9-10-20(19)22-17/h1-10,12-13H,11H2. The summed E-state index contributed by atoms with van der Waals surface area (Å²) in [6.07, 6.45) is 1.75. The zero-order valence-corrected chi connectivity index (χ0v) is 12.8. The van der Waals surface area contributed by atoms with Crippen LogP contribution in [0.25, 0.3) is 20.9 Å². The number of benzene rings is 3. The van der Waals surface area contributed by atoms with Gasteiger partial charge in [0.25, 0.3) is 0 Å². The molecule has 3 aromatic carbocycles. The van der Waals surface area contributed by atoms with Crippen LogP contribution in [0.15, 0.2) is 66.7 Å². The van der Waals surface area contributed by atoms with Gasteiger partial charge in [-0.15, -0.1) is 11.3 Å². The quantitative estimate of drug-likeness (QED) is 0.459. The molecule has 0 N–H and O–H groups in total. The van der Waals surface area contributed by atoms with Crippen LogP contribution < -0.4 is 0 Å². The largest absolute Gasteiger partial charge is 0.298 e. The lowest BCUT2D eigenvalue weighted by Crippen LogP contribution is -1.91. The van der Waals surface area contributed by atoms with Crippen LogP contribution in [-0.4, -0.2) is 6.29 Å². The summed E-state index contributed by atoms with van der Waals surface area (Å²) >= 11 is 1.81. The van der Waals surface area contributed by atoms with E-state index >= 15 is 0 Å². The topological polar surface area (TPSA) is 17.1 Å². The van der Waals surface area contributed by atoms with E-state index in [2.05, 4.69) is 42.5 Å². The van der Waals surface area contributed by atoms with E-state index in [0.717, 1.165) is 23.8 Å². The van der Waals surface area contributed by atoms with Gasteiger partial charge in [0.2, 0.25) is 0 Å². The van der Waals surface area contributed by atoms with Gasteiger partial charge < -0.3 is 0 Å². The summed E-state index contributed by atoms with van der Waals surface area (Å²) in [5.41, 5.74) is 1.87. The Balaban J connectivity index is 1.83. The Morgan fingerprint density at radius 1 is 0.864 bits per heavy atom. The van der Waals surface area contributed by atoms with Crippen molar-refractivity contribution < 1.29 is 4.79 Å². The number of carbonyl (C=O) groups is 1. The van der Waals surface area contributed by atoms with Crippen LogP contribution >= 0.6 is 11.3 Å². The minimum absolute atomic E-state index is 0.782. The molecule has 0 unspecified atom stereocenters. The fourth-order valence-electron chi connectivity index (χ4n) is 2.93. The van der Waals surface area contributed by atoms with Crippen molar-refractivity contribution in [2.45, 2.75) is 6.42 Å². The lowest BCUT2D eigenvalue weighted by molar-refractivity contribution is 0.112. The number of carbonyl (C=O) groups excluding carboxylic acids is 1. The molecule has 0 aliphatic rings. The van der Waals surface area contributed by atoms with Gasteiger partial charge in [-0.05, 0) is 28.5 Å². The Labute approximate surface area is 132 Å². The van der Waals surface area contributed by atoms with Crippen LogP contribution in [0.2, 0.25) is 0 Å². The van der Waals surface area contributed by atoms with Crippen LogP contribution in [0.3, 0.4) is 0 Å². The molecule has 106 valence electrons. The molecule has 0 saturated heterocycles.